The van der Waals surface area contributed by atoms with E-state index in [2.05, 4.69) is 23.6 Å². The van der Waals surface area contributed by atoms with E-state index >= 15 is 0 Å². The molecule has 2 amide bonds. The molecule has 1 atom stereocenters. The van der Waals surface area contributed by atoms with Crippen LogP contribution in [0.25, 0.3) is 11.4 Å². The Morgan fingerprint density at radius 1 is 1.22 bits per heavy atom. The van der Waals surface area contributed by atoms with Gasteiger partial charge in [0.05, 0.1) is 0 Å². The van der Waals surface area contributed by atoms with E-state index in [9.17, 15) is 9.59 Å². The van der Waals surface area contributed by atoms with Gasteiger partial charge in [0.25, 0.3) is 5.91 Å². The lowest BCUT2D eigenvalue weighted by Crippen LogP contribution is -2.46. The molecule has 0 bridgehead atoms. The van der Waals surface area contributed by atoms with Gasteiger partial charge in [-0.05, 0) is 61.9 Å². The van der Waals surface area contributed by atoms with Crippen molar-refractivity contribution in [1.29, 1.82) is 0 Å². The minimum Gasteiger partial charge on any atom is -0.337 e. The van der Waals surface area contributed by atoms with Crippen LogP contribution < -0.4 is 0 Å². The first-order valence-corrected chi connectivity index (χ1v) is 13.3. The molecule has 194 valence electrons. The lowest BCUT2D eigenvalue weighted by molar-refractivity contribution is -0.136. The molecular weight excluding hydrogens is 488 g/mol. The van der Waals surface area contributed by atoms with Crippen molar-refractivity contribution in [3.63, 3.8) is 0 Å². The van der Waals surface area contributed by atoms with Gasteiger partial charge in [0.2, 0.25) is 17.6 Å². The fourth-order valence-electron chi connectivity index (χ4n) is 4.61. The highest BCUT2D eigenvalue weighted by Gasteiger charge is 2.33. The minimum absolute atomic E-state index is 0.0474. The maximum atomic E-state index is 13.5. The Labute approximate surface area is 223 Å². The predicted molar refractivity (Wildman–Crippen MR) is 144 cm³/mol. The summed E-state index contributed by atoms with van der Waals surface area (Å²) in [5, 5.41) is 4.70. The molecule has 0 radical (unpaired) electrons. The van der Waals surface area contributed by atoms with Crippen LogP contribution >= 0.6 is 11.6 Å². The van der Waals surface area contributed by atoms with E-state index < -0.39 is 0 Å². The number of nitrogens with zero attached hydrogens (tertiary/aromatic N) is 4. The third-order valence-electron chi connectivity index (χ3n) is 6.62. The Balaban J connectivity index is 1.48. The molecule has 1 aliphatic heterocycles. The number of likely N-dealkylation sites (tertiary alicyclic amines) is 1. The molecule has 1 unspecified atom stereocenters. The monoisotopic (exact) mass is 520 g/mol. The van der Waals surface area contributed by atoms with Crippen molar-refractivity contribution in [3.8, 4) is 11.4 Å². The van der Waals surface area contributed by atoms with Crippen LogP contribution in [0.1, 0.15) is 66.9 Å². The predicted octanol–water partition coefficient (Wildman–Crippen LogP) is 6.11. The van der Waals surface area contributed by atoms with Crippen LogP contribution in [0.3, 0.4) is 0 Å². The average molecular weight is 521 g/mol. The molecule has 3 aromatic rings. The van der Waals surface area contributed by atoms with Crippen molar-refractivity contribution < 1.29 is 14.1 Å². The van der Waals surface area contributed by atoms with Crippen LogP contribution in [0.15, 0.2) is 65.7 Å². The van der Waals surface area contributed by atoms with Crippen molar-refractivity contribution in [2.24, 2.45) is 0 Å². The summed E-state index contributed by atoms with van der Waals surface area (Å²) in [6.45, 7) is 6.74. The Morgan fingerprint density at radius 3 is 2.76 bits per heavy atom. The maximum Gasteiger partial charge on any atom is 0.254 e. The van der Waals surface area contributed by atoms with E-state index in [0.717, 1.165) is 44.1 Å². The van der Waals surface area contributed by atoms with Crippen LogP contribution in [-0.4, -0.2) is 51.4 Å². The molecule has 2 aromatic carbocycles. The highest BCUT2D eigenvalue weighted by molar-refractivity contribution is 6.30. The summed E-state index contributed by atoms with van der Waals surface area (Å²) >= 11 is 6.11. The number of halogens is 1. The average Bonchev–Trinajstić information content (AvgIpc) is 3.42. The number of carbonyl (C=O) groups excluding carboxylic acids is 2. The van der Waals surface area contributed by atoms with Crippen molar-refractivity contribution in [2.45, 2.75) is 51.5 Å². The summed E-state index contributed by atoms with van der Waals surface area (Å²) in [5.74, 6) is 0.487. The Bertz CT molecular complexity index is 1220. The first kappa shape index (κ1) is 26.6. The first-order valence-electron chi connectivity index (χ1n) is 12.9. The van der Waals surface area contributed by atoms with Crippen molar-refractivity contribution in [3.05, 3.63) is 83.2 Å². The lowest BCUT2D eigenvalue weighted by atomic mass is 10.0. The van der Waals surface area contributed by atoms with Crippen molar-refractivity contribution in [1.82, 2.24) is 19.9 Å². The zero-order valence-electron chi connectivity index (χ0n) is 21.2. The zero-order valence-corrected chi connectivity index (χ0v) is 22.0. The molecule has 4 rings (SSSR count). The number of unbranched alkanes of at least 4 members (excludes halogenated alkanes) is 1. The normalized spacial score (nSPS) is 15.4. The molecular formula is C29H33ClN4O3. The molecule has 0 N–H and O–H groups in total. The minimum atomic E-state index is -0.333. The Hall–Kier alpha value is -3.45. The summed E-state index contributed by atoms with van der Waals surface area (Å²) in [6.07, 6.45) is 7.42. The van der Waals surface area contributed by atoms with E-state index in [1.165, 1.54) is 10.5 Å². The van der Waals surface area contributed by atoms with Gasteiger partial charge in [0.15, 0.2) is 0 Å². The van der Waals surface area contributed by atoms with Gasteiger partial charge < -0.3 is 14.3 Å². The second-order valence-electron chi connectivity index (χ2n) is 9.34. The van der Waals surface area contributed by atoms with E-state index in [0.29, 0.717) is 28.8 Å². The van der Waals surface area contributed by atoms with Gasteiger partial charge in [-0.2, -0.15) is 4.98 Å². The largest absolute Gasteiger partial charge is 0.337 e. The second kappa shape index (κ2) is 12.7. The van der Waals surface area contributed by atoms with Gasteiger partial charge >= 0.3 is 0 Å². The van der Waals surface area contributed by atoms with Crippen LogP contribution in [0.2, 0.25) is 5.02 Å². The van der Waals surface area contributed by atoms with Gasteiger partial charge in [0.1, 0.15) is 12.6 Å². The third-order valence-corrected chi connectivity index (χ3v) is 6.85. The summed E-state index contributed by atoms with van der Waals surface area (Å²) in [6, 6.07) is 14.6. The molecule has 1 aliphatic rings. The molecule has 1 saturated heterocycles. The molecule has 8 heteroatoms. The zero-order chi connectivity index (χ0) is 26.2. The van der Waals surface area contributed by atoms with Gasteiger partial charge in [-0.3, -0.25) is 9.59 Å². The molecule has 1 aromatic heterocycles. The molecule has 0 saturated carbocycles. The number of benzene rings is 2. The van der Waals surface area contributed by atoms with Crippen LogP contribution in [-0.2, 0) is 11.2 Å². The third kappa shape index (κ3) is 6.66. The summed E-state index contributed by atoms with van der Waals surface area (Å²) in [5.41, 5.74) is 2.52. The fraction of sp³-hybridized carbons (Fsp3) is 0.379. The van der Waals surface area contributed by atoms with Gasteiger partial charge in [-0.25, -0.2) is 0 Å². The second-order valence-corrected chi connectivity index (χ2v) is 9.78. The van der Waals surface area contributed by atoms with E-state index in [1.807, 2.05) is 36.4 Å². The number of aromatic nitrogens is 2. The summed E-state index contributed by atoms with van der Waals surface area (Å²) < 4.78 is 5.59. The lowest BCUT2D eigenvalue weighted by Gasteiger charge is -2.35. The van der Waals surface area contributed by atoms with Crippen LogP contribution in [0.4, 0.5) is 0 Å². The highest BCUT2D eigenvalue weighted by Crippen LogP contribution is 2.31. The number of hydrogen-bond donors (Lipinski definition) is 0. The van der Waals surface area contributed by atoms with E-state index in [4.69, 9.17) is 16.1 Å². The quantitative estimate of drug-likeness (QED) is 0.301. The van der Waals surface area contributed by atoms with E-state index in [1.54, 1.807) is 23.1 Å². The number of carbonyl (C=O) groups is 2. The van der Waals surface area contributed by atoms with Crippen LogP contribution in [0.5, 0.6) is 0 Å². The number of rotatable bonds is 10. The highest BCUT2D eigenvalue weighted by atomic mass is 35.5. The fourth-order valence-corrected chi connectivity index (χ4v) is 4.80. The SMILES string of the molecule is C=CCN(CC(=O)N1CCCCC1c1nc(-c2cccc(Cl)c2)no1)C(=O)c1ccc(CCCC)cc1. The summed E-state index contributed by atoms with van der Waals surface area (Å²) in [7, 11) is 0. The van der Waals surface area contributed by atoms with E-state index in [-0.39, 0.29) is 30.9 Å². The number of hydrogen-bond acceptors (Lipinski definition) is 5. The molecule has 0 spiro atoms. The first-order chi connectivity index (χ1) is 18.0. The number of piperidine rings is 1. The van der Waals surface area contributed by atoms with Gasteiger partial charge in [0, 0.05) is 29.2 Å². The molecule has 2 heterocycles. The molecule has 0 aliphatic carbocycles. The van der Waals surface area contributed by atoms with Crippen LogP contribution in [0, 0.1) is 0 Å². The topological polar surface area (TPSA) is 79.5 Å². The number of amides is 2. The summed E-state index contributed by atoms with van der Waals surface area (Å²) in [4.78, 5) is 34.6. The molecule has 37 heavy (non-hydrogen) atoms. The molecule has 7 nitrogen and oxygen atoms in total. The van der Waals surface area contributed by atoms with Crippen molar-refractivity contribution >= 4 is 23.4 Å². The molecule has 1 fully saturated rings. The smallest absolute Gasteiger partial charge is 0.254 e. The van der Waals surface area contributed by atoms with Crippen molar-refractivity contribution in [2.75, 3.05) is 19.6 Å². The maximum absolute atomic E-state index is 13.5. The Morgan fingerprint density at radius 2 is 2.03 bits per heavy atom. The standard InChI is InChI=1S/C29H33ClN4O3/c1-3-5-9-21-13-15-22(16-14-21)29(36)33(17-4-2)20-26(35)34-18-7-6-12-25(34)28-31-27(32-37-28)23-10-8-11-24(30)19-23/h4,8,10-11,13-16,19,25H,2-3,5-7,9,12,17-18,20H2,1H3. The van der Waals surface area contributed by atoms with Gasteiger partial charge in [-0.15, -0.1) is 6.58 Å². The number of aryl methyl sites for hydroxylation is 1. The Kier molecular flexibility index (Phi) is 9.12. The van der Waals surface area contributed by atoms with Gasteiger partial charge in [-0.1, -0.05) is 60.4 Å².